The maximum absolute atomic E-state index is 13.1. The van der Waals surface area contributed by atoms with Gasteiger partial charge in [-0.15, -0.1) is 0 Å². The second-order valence-electron chi connectivity index (χ2n) is 6.66. The summed E-state index contributed by atoms with van der Waals surface area (Å²) in [5.74, 6) is -0.330. The number of nitrogens with zero attached hydrogens (tertiary/aromatic N) is 2. The molecular weight excluding hydrogens is 303 g/mol. The van der Waals surface area contributed by atoms with Gasteiger partial charge in [-0.25, -0.2) is 4.39 Å². The summed E-state index contributed by atoms with van der Waals surface area (Å²) in [6.45, 7) is 2.51. The number of rotatable bonds is 3. The van der Waals surface area contributed by atoms with Crippen LogP contribution >= 0.6 is 0 Å². The first-order chi connectivity index (χ1) is 11.7. The van der Waals surface area contributed by atoms with Crippen molar-refractivity contribution in [3.63, 3.8) is 0 Å². The van der Waals surface area contributed by atoms with Gasteiger partial charge in [-0.05, 0) is 42.7 Å². The van der Waals surface area contributed by atoms with E-state index < -0.39 is 0 Å². The van der Waals surface area contributed by atoms with Crippen molar-refractivity contribution < 1.29 is 9.18 Å². The van der Waals surface area contributed by atoms with E-state index in [0.717, 1.165) is 13.1 Å². The van der Waals surface area contributed by atoms with Crippen molar-refractivity contribution in [3.8, 4) is 0 Å². The molecule has 0 bridgehead atoms. The largest absolute Gasteiger partial charge is 0.329 e. The van der Waals surface area contributed by atoms with Gasteiger partial charge in [0.15, 0.2) is 0 Å². The molecule has 4 heteroatoms. The number of carbonyl (C=O) groups is 1. The standard InChI is InChI=1S/C20H21FN2O/c21-17-8-6-16(7-9-17)20(24)23-13-12-22(18-10-11-18)14-19(23)15-4-2-1-3-5-15/h1-9,18-19H,10-14H2. The highest BCUT2D eigenvalue weighted by molar-refractivity contribution is 5.94. The third-order valence-corrected chi connectivity index (χ3v) is 5.01. The lowest BCUT2D eigenvalue weighted by Gasteiger charge is -2.42. The van der Waals surface area contributed by atoms with Crippen LogP contribution in [0.3, 0.4) is 0 Å². The van der Waals surface area contributed by atoms with Gasteiger partial charge in [0.1, 0.15) is 5.82 Å². The number of halogens is 1. The first kappa shape index (κ1) is 15.3. The van der Waals surface area contributed by atoms with Crippen LogP contribution in [-0.2, 0) is 0 Å². The molecule has 2 aliphatic rings. The second kappa shape index (κ2) is 6.36. The summed E-state index contributed by atoms with van der Waals surface area (Å²) in [7, 11) is 0. The summed E-state index contributed by atoms with van der Waals surface area (Å²) in [5.41, 5.74) is 1.72. The smallest absolute Gasteiger partial charge is 0.254 e. The summed E-state index contributed by atoms with van der Waals surface area (Å²) in [4.78, 5) is 17.4. The zero-order valence-corrected chi connectivity index (χ0v) is 13.6. The summed E-state index contributed by atoms with van der Waals surface area (Å²) in [6, 6.07) is 16.8. The van der Waals surface area contributed by atoms with Crippen molar-refractivity contribution in [1.29, 1.82) is 0 Å². The molecule has 1 aliphatic carbocycles. The van der Waals surface area contributed by atoms with Gasteiger partial charge >= 0.3 is 0 Å². The van der Waals surface area contributed by atoms with E-state index >= 15 is 0 Å². The molecule has 1 amide bonds. The summed E-state index contributed by atoms with van der Waals surface area (Å²) in [6.07, 6.45) is 2.54. The van der Waals surface area contributed by atoms with E-state index in [9.17, 15) is 9.18 Å². The van der Waals surface area contributed by atoms with Crippen LogP contribution in [0.2, 0.25) is 0 Å². The van der Waals surface area contributed by atoms with Crippen LogP contribution in [0.1, 0.15) is 34.8 Å². The maximum atomic E-state index is 13.1. The number of benzene rings is 2. The Labute approximate surface area is 141 Å². The SMILES string of the molecule is O=C(c1ccc(F)cc1)N1CCN(C2CC2)CC1c1ccccc1. The highest BCUT2D eigenvalue weighted by Gasteiger charge is 2.37. The molecule has 0 radical (unpaired) electrons. The van der Waals surface area contributed by atoms with Crippen molar-refractivity contribution in [2.45, 2.75) is 24.9 Å². The molecule has 1 aliphatic heterocycles. The molecular formula is C20H21FN2O. The predicted octanol–water partition coefficient (Wildman–Crippen LogP) is 3.49. The van der Waals surface area contributed by atoms with E-state index in [-0.39, 0.29) is 17.8 Å². The molecule has 1 atom stereocenters. The fourth-order valence-corrected chi connectivity index (χ4v) is 3.54. The van der Waals surface area contributed by atoms with Gasteiger partial charge in [0, 0.05) is 31.2 Å². The minimum absolute atomic E-state index is 0.0145. The Hall–Kier alpha value is -2.20. The van der Waals surface area contributed by atoms with Gasteiger partial charge in [0.25, 0.3) is 5.91 Å². The summed E-state index contributed by atoms with van der Waals surface area (Å²) < 4.78 is 13.1. The van der Waals surface area contributed by atoms with Gasteiger partial charge in [0.05, 0.1) is 6.04 Å². The van der Waals surface area contributed by atoms with Crippen molar-refractivity contribution in [3.05, 3.63) is 71.5 Å². The van der Waals surface area contributed by atoms with Crippen LogP contribution in [0.25, 0.3) is 0 Å². The van der Waals surface area contributed by atoms with Crippen molar-refractivity contribution in [2.24, 2.45) is 0 Å². The van der Waals surface area contributed by atoms with Gasteiger partial charge in [0.2, 0.25) is 0 Å². The number of hydrogen-bond donors (Lipinski definition) is 0. The Morgan fingerprint density at radius 3 is 2.33 bits per heavy atom. The molecule has 1 saturated carbocycles. The molecule has 1 unspecified atom stereocenters. The number of amides is 1. The maximum Gasteiger partial charge on any atom is 0.254 e. The molecule has 1 heterocycles. The van der Waals surface area contributed by atoms with Gasteiger partial charge in [-0.2, -0.15) is 0 Å². The quantitative estimate of drug-likeness (QED) is 0.863. The van der Waals surface area contributed by atoms with Crippen molar-refractivity contribution >= 4 is 5.91 Å². The van der Waals surface area contributed by atoms with E-state index in [2.05, 4.69) is 17.0 Å². The van der Waals surface area contributed by atoms with Crippen LogP contribution in [-0.4, -0.2) is 41.4 Å². The number of piperazine rings is 1. The lowest BCUT2D eigenvalue weighted by Crippen LogP contribution is -2.51. The molecule has 4 rings (SSSR count). The average molecular weight is 324 g/mol. The van der Waals surface area contributed by atoms with Gasteiger partial charge < -0.3 is 4.90 Å². The van der Waals surface area contributed by atoms with E-state index in [0.29, 0.717) is 18.2 Å². The van der Waals surface area contributed by atoms with E-state index in [1.165, 1.54) is 30.5 Å². The average Bonchev–Trinajstić information content (AvgIpc) is 3.47. The summed E-state index contributed by atoms with van der Waals surface area (Å²) >= 11 is 0. The summed E-state index contributed by atoms with van der Waals surface area (Å²) in [5, 5.41) is 0. The fourth-order valence-electron chi connectivity index (χ4n) is 3.54. The Morgan fingerprint density at radius 1 is 0.958 bits per heavy atom. The molecule has 3 nitrogen and oxygen atoms in total. The fraction of sp³-hybridized carbons (Fsp3) is 0.350. The third-order valence-electron chi connectivity index (χ3n) is 5.01. The molecule has 2 aromatic rings. The van der Waals surface area contributed by atoms with Crippen LogP contribution in [0.15, 0.2) is 54.6 Å². The highest BCUT2D eigenvalue weighted by Crippen LogP contribution is 2.34. The van der Waals surface area contributed by atoms with E-state index in [1.807, 2.05) is 23.1 Å². The Kier molecular flexibility index (Phi) is 4.07. The van der Waals surface area contributed by atoms with E-state index in [4.69, 9.17) is 0 Å². The Morgan fingerprint density at radius 2 is 1.67 bits per heavy atom. The van der Waals surface area contributed by atoms with Gasteiger partial charge in [-0.3, -0.25) is 9.69 Å². The molecule has 2 fully saturated rings. The number of carbonyl (C=O) groups excluding carboxylic acids is 1. The van der Waals surface area contributed by atoms with Crippen LogP contribution in [0, 0.1) is 5.82 Å². The molecule has 0 N–H and O–H groups in total. The van der Waals surface area contributed by atoms with Crippen LogP contribution in [0.5, 0.6) is 0 Å². The normalized spacial score (nSPS) is 21.7. The molecule has 0 aromatic heterocycles. The molecule has 0 spiro atoms. The lowest BCUT2D eigenvalue weighted by atomic mass is 10.0. The second-order valence-corrected chi connectivity index (χ2v) is 6.66. The molecule has 24 heavy (non-hydrogen) atoms. The minimum atomic E-state index is -0.315. The first-order valence-corrected chi connectivity index (χ1v) is 8.58. The zero-order valence-electron chi connectivity index (χ0n) is 13.6. The monoisotopic (exact) mass is 324 g/mol. The highest BCUT2D eigenvalue weighted by atomic mass is 19.1. The van der Waals surface area contributed by atoms with Crippen LogP contribution in [0.4, 0.5) is 4.39 Å². The Balaban J connectivity index is 1.61. The molecule has 124 valence electrons. The zero-order chi connectivity index (χ0) is 16.5. The first-order valence-electron chi connectivity index (χ1n) is 8.58. The lowest BCUT2D eigenvalue weighted by molar-refractivity contribution is 0.0433. The van der Waals surface area contributed by atoms with Gasteiger partial charge in [-0.1, -0.05) is 30.3 Å². The number of hydrogen-bond acceptors (Lipinski definition) is 2. The van der Waals surface area contributed by atoms with Crippen molar-refractivity contribution in [2.75, 3.05) is 19.6 Å². The third kappa shape index (κ3) is 3.06. The topological polar surface area (TPSA) is 23.6 Å². The van der Waals surface area contributed by atoms with E-state index in [1.54, 1.807) is 12.1 Å². The molecule has 2 aromatic carbocycles. The minimum Gasteiger partial charge on any atom is -0.329 e. The predicted molar refractivity (Wildman–Crippen MR) is 91.2 cm³/mol. The Bertz CT molecular complexity index is 712. The van der Waals surface area contributed by atoms with Crippen LogP contribution < -0.4 is 0 Å². The molecule has 1 saturated heterocycles. The van der Waals surface area contributed by atoms with Crippen molar-refractivity contribution in [1.82, 2.24) is 9.80 Å².